The molecule has 0 unspecified atom stereocenters. The molecule has 2 rings (SSSR count). The smallest absolute Gasteiger partial charge is 0.257 e. The van der Waals surface area contributed by atoms with Crippen molar-refractivity contribution in [3.63, 3.8) is 0 Å². The zero-order chi connectivity index (χ0) is 14.5. The van der Waals surface area contributed by atoms with Gasteiger partial charge in [0, 0.05) is 5.56 Å². The van der Waals surface area contributed by atoms with Crippen molar-refractivity contribution in [3.05, 3.63) is 58.0 Å². The molecule has 0 aliphatic carbocycles. The minimum Gasteiger partial charge on any atom is -0.467 e. The van der Waals surface area contributed by atoms with Crippen molar-refractivity contribution in [2.75, 3.05) is 0 Å². The van der Waals surface area contributed by atoms with Gasteiger partial charge in [-0.2, -0.15) is 0 Å². The number of amides is 1. The molecule has 104 valence electrons. The van der Waals surface area contributed by atoms with Crippen molar-refractivity contribution in [2.45, 2.75) is 6.54 Å². The van der Waals surface area contributed by atoms with E-state index in [1.807, 2.05) is 0 Å². The summed E-state index contributed by atoms with van der Waals surface area (Å²) < 4.78 is 5.14. The van der Waals surface area contributed by atoms with E-state index in [0.29, 0.717) is 22.2 Å². The maximum Gasteiger partial charge on any atom is 0.257 e. The van der Waals surface area contributed by atoms with Gasteiger partial charge >= 0.3 is 0 Å². The zero-order valence-electron chi connectivity index (χ0n) is 10.2. The third-order valence-corrected chi connectivity index (χ3v) is 3.40. The van der Waals surface area contributed by atoms with Crippen molar-refractivity contribution in [1.82, 2.24) is 10.6 Å². The third-order valence-electron chi connectivity index (χ3n) is 2.41. The molecule has 0 atom stereocenters. The first-order valence-corrected chi connectivity index (χ1v) is 6.79. The fraction of sp³-hybridized carbons (Fsp3) is 0.0769. The van der Waals surface area contributed by atoms with E-state index < -0.39 is 0 Å². The Balaban J connectivity index is 1.90. The summed E-state index contributed by atoms with van der Waals surface area (Å²) in [6.45, 7) is 0.396. The molecule has 7 heteroatoms. The molecular formula is C13H10Cl2N2O2S. The van der Waals surface area contributed by atoms with E-state index in [9.17, 15) is 4.79 Å². The van der Waals surface area contributed by atoms with Crippen LogP contribution in [0.25, 0.3) is 0 Å². The van der Waals surface area contributed by atoms with Crippen molar-refractivity contribution in [1.29, 1.82) is 0 Å². The second kappa shape index (κ2) is 6.74. The Bertz CT molecular complexity index is 629. The fourth-order valence-corrected chi connectivity index (χ4v) is 1.90. The number of nitrogens with one attached hydrogen (secondary N) is 2. The monoisotopic (exact) mass is 328 g/mol. The van der Waals surface area contributed by atoms with Gasteiger partial charge in [-0.25, -0.2) is 0 Å². The average Bonchev–Trinajstić information content (AvgIpc) is 2.92. The lowest BCUT2D eigenvalue weighted by molar-refractivity contribution is 0.0976. The van der Waals surface area contributed by atoms with Crippen LogP contribution >= 0.6 is 35.4 Å². The maximum absolute atomic E-state index is 11.9. The molecule has 1 aromatic carbocycles. The maximum atomic E-state index is 11.9. The van der Waals surface area contributed by atoms with Crippen LogP contribution in [0.1, 0.15) is 16.1 Å². The predicted molar refractivity (Wildman–Crippen MR) is 82.1 cm³/mol. The molecule has 4 nitrogen and oxygen atoms in total. The number of thiocarbonyl (C=S) groups is 1. The first-order valence-electron chi connectivity index (χ1n) is 5.63. The van der Waals surface area contributed by atoms with Gasteiger partial charge in [-0.1, -0.05) is 23.2 Å². The van der Waals surface area contributed by atoms with Gasteiger partial charge in [0.25, 0.3) is 5.91 Å². The second-order valence-corrected chi connectivity index (χ2v) is 5.07. The Kier molecular flexibility index (Phi) is 5.00. The number of hydrogen-bond donors (Lipinski definition) is 2. The topological polar surface area (TPSA) is 54.3 Å². The van der Waals surface area contributed by atoms with E-state index in [1.165, 1.54) is 6.07 Å². The molecule has 20 heavy (non-hydrogen) atoms. The van der Waals surface area contributed by atoms with Crippen molar-refractivity contribution in [3.8, 4) is 0 Å². The SMILES string of the molecule is O=C(NC(=S)NCc1ccco1)c1ccc(Cl)c(Cl)c1. The van der Waals surface area contributed by atoms with Crippen LogP contribution in [0.5, 0.6) is 0 Å². The molecule has 0 saturated heterocycles. The molecule has 0 aliphatic rings. The molecule has 0 radical (unpaired) electrons. The van der Waals surface area contributed by atoms with Gasteiger partial charge < -0.3 is 9.73 Å². The lowest BCUT2D eigenvalue weighted by Crippen LogP contribution is -2.38. The van der Waals surface area contributed by atoms with Crippen molar-refractivity contribution < 1.29 is 9.21 Å². The number of halogens is 2. The molecule has 1 heterocycles. The van der Waals surface area contributed by atoms with Crippen LogP contribution < -0.4 is 10.6 Å². The Labute approximate surface area is 131 Å². The predicted octanol–water partition coefficient (Wildman–Crippen LogP) is 3.39. The van der Waals surface area contributed by atoms with Crippen molar-refractivity contribution in [2.24, 2.45) is 0 Å². The van der Waals surface area contributed by atoms with Gasteiger partial charge in [0.05, 0.1) is 22.9 Å². The minimum atomic E-state index is -0.361. The highest BCUT2D eigenvalue weighted by atomic mass is 35.5. The number of furan rings is 1. The summed E-state index contributed by atoms with van der Waals surface area (Å²) in [6, 6.07) is 8.18. The standard InChI is InChI=1S/C13H10Cl2N2O2S/c14-10-4-3-8(6-11(10)15)12(18)17-13(20)16-7-9-2-1-5-19-9/h1-6H,7H2,(H2,16,17,18,20). The van der Waals surface area contributed by atoms with Gasteiger partial charge in [0.1, 0.15) is 5.76 Å². The highest BCUT2D eigenvalue weighted by molar-refractivity contribution is 7.80. The highest BCUT2D eigenvalue weighted by Gasteiger charge is 2.09. The van der Waals surface area contributed by atoms with E-state index in [-0.39, 0.29) is 11.0 Å². The van der Waals surface area contributed by atoms with Gasteiger partial charge in [-0.3, -0.25) is 10.1 Å². The van der Waals surface area contributed by atoms with Crippen molar-refractivity contribution >= 4 is 46.4 Å². The first kappa shape index (κ1) is 14.8. The Hall–Kier alpha value is -1.56. The summed E-state index contributed by atoms with van der Waals surface area (Å²) in [5.41, 5.74) is 0.376. The van der Waals surface area contributed by atoms with Gasteiger partial charge in [-0.15, -0.1) is 0 Å². The van der Waals surface area contributed by atoms with Crippen LogP contribution in [0.4, 0.5) is 0 Å². The van der Waals surface area contributed by atoms with Crippen LogP contribution in [0.3, 0.4) is 0 Å². The highest BCUT2D eigenvalue weighted by Crippen LogP contribution is 2.22. The van der Waals surface area contributed by atoms with Crippen LogP contribution in [0.15, 0.2) is 41.0 Å². The van der Waals surface area contributed by atoms with Crippen LogP contribution in [0, 0.1) is 0 Å². The van der Waals surface area contributed by atoms with Crippen LogP contribution in [-0.4, -0.2) is 11.0 Å². The summed E-state index contributed by atoms with van der Waals surface area (Å²) in [4.78, 5) is 11.9. The molecule has 1 amide bonds. The van der Waals surface area contributed by atoms with E-state index in [1.54, 1.807) is 30.5 Å². The average molecular weight is 329 g/mol. The van der Waals surface area contributed by atoms with E-state index in [4.69, 9.17) is 39.8 Å². The summed E-state index contributed by atoms with van der Waals surface area (Å²) >= 11 is 16.7. The zero-order valence-corrected chi connectivity index (χ0v) is 12.5. The molecule has 1 aromatic heterocycles. The lowest BCUT2D eigenvalue weighted by atomic mass is 10.2. The number of hydrogen-bond acceptors (Lipinski definition) is 3. The first-order chi connectivity index (χ1) is 9.56. The van der Waals surface area contributed by atoms with E-state index in [2.05, 4.69) is 10.6 Å². The van der Waals surface area contributed by atoms with Gasteiger partial charge in [0.2, 0.25) is 0 Å². The Morgan fingerprint density at radius 2 is 2.05 bits per heavy atom. The fourth-order valence-electron chi connectivity index (χ4n) is 1.44. The third kappa shape index (κ3) is 3.96. The van der Waals surface area contributed by atoms with Gasteiger partial charge in [0.15, 0.2) is 5.11 Å². The quantitative estimate of drug-likeness (QED) is 0.848. The summed E-state index contributed by atoms with van der Waals surface area (Å²) in [5, 5.41) is 6.31. The molecule has 0 saturated carbocycles. The Morgan fingerprint density at radius 1 is 1.25 bits per heavy atom. The van der Waals surface area contributed by atoms with E-state index in [0.717, 1.165) is 5.76 Å². The molecule has 0 aliphatic heterocycles. The van der Waals surface area contributed by atoms with Crippen LogP contribution in [-0.2, 0) is 6.54 Å². The van der Waals surface area contributed by atoms with E-state index >= 15 is 0 Å². The number of carbonyl (C=O) groups is 1. The summed E-state index contributed by atoms with van der Waals surface area (Å²) in [6.07, 6.45) is 1.56. The summed E-state index contributed by atoms with van der Waals surface area (Å²) in [5.74, 6) is 0.358. The molecule has 2 N–H and O–H groups in total. The molecule has 0 fully saturated rings. The Morgan fingerprint density at radius 3 is 2.70 bits per heavy atom. The summed E-state index contributed by atoms with van der Waals surface area (Å²) in [7, 11) is 0. The number of carbonyl (C=O) groups excluding carboxylic acids is 1. The lowest BCUT2D eigenvalue weighted by Gasteiger charge is -2.08. The molecule has 0 spiro atoms. The second-order valence-electron chi connectivity index (χ2n) is 3.85. The molecular weight excluding hydrogens is 319 g/mol. The normalized spacial score (nSPS) is 10.1. The van der Waals surface area contributed by atoms with Crippen LogP contribution in [0.2, 0.25) is 10.0 Å². The molecule has 2 aromatic rings. The van der Waals surface area contributed by atoms with Gasteiger partial charge in [-0.05, 0) is 42.5 Å². The number of rotatable bonds is 3. The minimum absolute atomic E-state index is 0.206. The molecule has 0 bridgehead atoms. The number of benzene rings is 1. The largest absolute Gasteiger partial charge is 0.467 e.